The Kier molecular flexibility index (Phi) is 4.30. The average Bonchev–Trinajstić information content (AvgIpc) is 2.90. The van der Waals surface area contributed by atoms with Gasteiger partial charge in [-0.3, -0.25) is 0 Å². The molecule has 0 spiro atoms. The minimum Gasteiger partial charge on any atom is -0.462 e. The molecule has 18 heavy (non-hydrogen) atoms. The number of ether oxygens (including phenoxy) is 1. The van der Waals surface area contributed by atoms with Crippen LogP contribution in [0.5, 0.6) is 0 Å². The molecule has 0 aliphatic rings. The van der Waals surface area contributed by atoms with Gasteiger partial charge in [-0.05, 0) is 31.2 Å². The Hall–Kier alpha value is -1.88. The summed E-state index contributed by atoms with van der Waals surface area (Å²) in [4.78, 5) is 15.6. The molecular formula is C13H14N2O2S. The smallest absolute Gasteiger partial charge is 0.338 e. The zero-order valence-electron chi connectivity index (χ0n) is 10.1. The van der Waals surface area contributed by atoms with Gasteiger partial charge in [0.15, 0.2) is 0 Å². The molecule has 1 aromatic carbocycles. The molecule has 94 valence electrons. The molecule has 0 unspecified atom stereocenters. The predicted molar refractivity (Wildman–Crippen MR) is 71.8 cm³/mol. The second kappa shape index (κ2) is 6.16. The van der Waals surface area contributed by atoms with Crippen LogP contribution in [0.25, 0.3) is 0 Å². The number of nitrogens with one attached hydrogen (secondary N) is 1. The normalized spacial score (nSPS) is 10.1. The number of thiazole rings is 1. The zero-order valence-corrected chi connectivity index (χ0v) is 10.9. The summed E-state index contributed by atoms with van der Waals surface area (Å²) in [7, 11) is 0. The highest BCUT2D eigenvalue weighted by Gasteiger charge is 2.05. The van der Waals surface area contributed by atoms with Crippen LogP contribution in [0, 0.1) is 0 Å². The monoisotopic (exact) mass is 262 g/mol. The van der Waals surface area contributed by atoms with Crippen LogP contribution in [-0.2, 0) is 11.3 Å². The molecule has 1 heterocycles. The number of esters is 1. The second-order valence-electron chi connectivity index (χ2n) is 3.58. The summed E-state index contributed by atoms with van der Waals surface area (Å²) < 4.78 is 4.92. The van der Waals surface area contributed by atoms with Gasteiger partial charge in [0.05, 0.1) is 18.7 Å². The lowest BCUT2D eigenvalue weighted by Gasteiger charge is -2.05. The molecule has 0 saturated heterocycles. The van der Waals surface area contributed by atoms with Crippen molar-refractivity contribution in [2.75, 3.05) is 11.9 Å². The SMILES string of the molecule is CCOC(=O)c1ccc(NCc2nccs2)cc1. The first-order valence-corrected chi connectivity index (χ1v) is 6.57. The molecule has 0 radical (unpaired) electrons. The highest BCUT2D eigenvalue weighted by atomic mass is 32.1. The number of anilines is 1. The number of nitrogens with zero attached hydrogens (tertiary/aromatic N) is 1. The van der Waals surface area contributed by atoms with Crippen molar-refractivity contribution in [3.05, 3.63) is 46.4 Å². The fourth-order valence-corrected chi connectivity index (χ4v) is 2.01. The summed E-state index contributed by atoms with van der Waals surface area (Å²) in [6, 6.07) is 7.23. The fourth-order valence-electron chi connectivity index (χ4n) is 1.46. The Bertz CT molecular complexity index is 494. The van der Waals surface area contributed by atoms with Crippen molar-refractivity contribution in [1.29, 1.82) is 0 Å². The number of aromatic nitrogens is 1. The lowest BCUT2D eigenvalue weighted by molar-refractivity contribution is 0.0526. The van der Waals surface area contributed by atoms with E-state index in [2.05, 4.69) is 10.3 Å². The van der Waals surface area contributed by atoms with Gasteiger partial charge in [0.2, 0.25) is 0 Å². The number of hydrogen-bond acceptors (Lipinski definition) is 5. The average molecular weight is 262 g/mol. The summed E-state index contributed by atoms with van der Waals surface area (Å²) in [5, 5.41) is 6.22. The summed E-state index contributed by atoms with van der Waals surface area (Å²) in [5.41, 5.74) is 1.52. The molecule has 2 aromatic rings. The highest BCUT2D eigenvalue weighted by molar-refractivity contribution is 7.09. The Morgan fingerprint density at radius 2 is 2.17 bits per heavy atom. The van der Waals surface area contributed by atoms with Crippen LogP contribution in [0.3, 0.4) is 0 Å². The van der Waals surface area contributed by atoms with Crippen LogP contribution in [0.4, 0.5) is 5.69 Å². The Morgan fingerprint density at radius 3 is 2.78 bits per heavy atom. The molecule has 0 amide bonds. The van der Waals surface area contributed by atoms with Crippen molar-refractivity contribution < 1.29 is 9.53 Å². The molecule has 0 aliphatic heterocycles. The van der Waals surface area contributed by atoms with Crippen molar-refractivity contribution in [1.82, 2.24) is 4.98 Å². The van der Waals surface area contributed by atoms with Gasteiger partial charge >= 0.3 is 5.97 Å². The fraction of sp³-hybridized carbons (Fsp3) is 0.231. The van der Waals surface area contributed by atoms with Crippen LogP contribution in [0.1, 0.15) is 22.3 Å². The predicted octanol–water partition coefficient (Wildman–Crippen LogP) is 2.93. The van der Waals surface area contributed by atoms with Gasteiger partial charge in [-0.25, -0.2) is 9.78 Å². The number of hydrogen-bond donors (Lipinski definition) is 1. The van der Waals surface area contributed by atoms with E-state index in [9.17, 15) is 4.79 Å². The third kappa shape index (κ3) is 3.30. The van der Waals surface area contributed by atoms with Crippen LogP contribution in [-0.4, -0.2) is 17.6 Å². The topological polar surface area (TPSA) is 51.2 Å². The van der Waals surface area contributed by atoms with Crippen molar-refractivity contribution in [2.45, 2.75) is 13.5 Å². The van der Waals surface area contributed by atoms with Crippen LogP contribution < -0.4 is 5.32 Å². The van der Waals surface area contributed by atoms with Gasteiger partial charge in [0.1, 0.15) is 5.01 Å². The van der Waals surface area contributed by atoms with Gasteiger partial charge in [-0.15, -0.1) is 11.3 Å². The minimum atomic E-state index is -0.288. The lowest BCUT2D eigenvalue weighted by atomic mass is 10.2. The third-order valence-electron chi connectivity index (χ3n) is 2.32. The molecule has 1 N–H and O–H groups in total. The first-order chi connectivity index (χ1) is 8.79. The van der Waals surface area contributed by atoms with Gasteiger partial charge in [0, 0.05) is 17.3 Å². The van der Waals surface area contributed by atoms with E-state index in [4.69, 9.17) is 4.74 Å². The first-order valence-electron chi connectivity index (χ1n) is 5.69. The highest BCUT2D eigenvalue weighted by Crippen LogP contribution is 2.13. The molecule has 2 rings (SSSR count). The van der Waals surface area contributed by atoms with Crippen molar-refractivity contribution in [3.8, 4) is 0 Å². The molecule has 0 fully saturated rings. The first kappa shape index (κ1) is 12.6. The number of benzene rings is 1. The maximum absolute atomic E-state index is 11.4. The van der Waals surface area contributed by atoms with E-state index in [1.54, 1.807) is 36.6 Å². The van der Waals surface area contributed by atoms with Crippen LogP contribution in [0.2, 0.25) is 0 Å². The Morgan fingerprint density at radius 1 is 1.39 bits per heavy atom. The maximum atomic E-state index is 11.4. The number of carbonyl (C=O) groups excluding carboxylic acids is 1. The van der Waals surface area contributed by atoms with Crippen LogP contribution in [0.15, 0.2) is 35.8 Å². The molecule has 0 atom stereocenters. The van der Waals surface area contributed by atoms with Gasteiger partial charge in [-0.1, -0.05) is 0 Å². The summed E-state index contributed by atoms with van der Waals surface area (Å²) in [6.07, 6.45) is 1.78. The van der Waals surface area contributed by atoms with Crippen LogP contribution >= 0.6 is 11.3 Å². The van der Waals surface area contributed by atoms with E-state index in [-0.39, 0.29) is 5.97 Å². The van der Waals surface area contributed by atoms with Gasteiger partial charge in [0.25, 0.3) is 0 Å². The van der Waals surface area contributed by atoms with E-state index in [0.29, 0.717) is 18.7 Å². The van der Waals surface area contributed by atoms with Crippen molar-refractivity contribution in [2.24, 2.45) is 0 Å². The largest absolute Gasteiger partial charge is 0.462 e. The van der Waals surface area contributed by atoms with E-state index in [0.717, 1.165) is 10.7 Å². The van der Waals surface area contributed by atoms with E-state index >= 15 is 0 Å². The quantitative estimate of drug-likeness (QED) is 0.842. The van der Waals surface area contributed by atoms with E-state index < -0.39 is 0 Å². The lowest BCUT2D eigenvalue weighted by Crippen LogP contribution is -2.05. The Labute approximate surface area is 110 Å². The van der Waals surface area contributed by atoms with Crippen molar-refractivity contribution in [3.63, 3.8) is 0 Å². The minimum absolute atomic E-state index is 0.288. The van der Waals surface area contributed by atoms with E-state index in [1.807, 2.05) is 17.5 Å². The zero-order chi connectivity index (χ0) is 12.8. The molecular weight excluding hydrogens is 248 g/mol. The molecule has 4 nitrogen and oxygen atoms in total. The molecule has 0 bridgehead atoms. The third-order valence-corrected chi connectivity index (χ3v) is 3.10. The number of carbonyl (C=O) groups is 1. The van der Waals surface area contributed by atoms with Crippen molar-refractivity contribution >= 4 is 23.0 Å². The van der Waals surface area contributed by atoms with E-state index in [1.165, 1.54) is 0 Å². The summed E-state index contributed by atoms with van der Waals surface area (Å²) in [5.74, 6) is -0.288. The second-order valence-corrected chi connectivity index (χ2v) is 4.56. The summed E-state index contributed by atoms with van der Waals surface area (Å²) >= 11 is 1.61. The van der Waals surface area contributed by atoms with Gasteiger partial charge < -0.3 is 10.1 Å². The number of rotatable bonds is 5. The molecule has 0 saturated carbocycles. The standard InChI is InChI=1S/C13H14N2O2S/c1-2-17-13(16)10-3-5-11(6-4-10)15-9-12-14-7-8-18-12/h3-8,15H,2,9H2,1H3. The van der Waals surface area contributed by atoms with Gasteiger partial charge in [-0.2, -0.15) is 0 Å². The summed E-state index contributed by atoms with van der Waals surface area (Å²) in [6.45, 7) is 2.88. The molecule has 5 heteroatoms. The molecule has 1 aromatic heterocycles. The Balaban J connectivity index is 1.93. The molecule has 0 aliphatic carbocycles. The maximum Gasteiger partial charge on any atom is 0.338 e.